The third-order valence-electron chi connectivity index (χ3n) is 3.39. The highest BCUT2D eigenvalue weighted by atomic mass is 35.5. The van der Waals surface area contributed by atoms with Crippen LogP contribution in [0.2, 0.25) is 5.02 Å². The molecule has 0 saturated heterocycles. The standard InChI is InChI=1S/C17H14ClN3O2/c18-14-3-1-2-12(6-14)9-21-10-15(20-11-21)7-16(22)13-4-5-17(23)19-8-13/h1-6,8,10-11H,7,9H2,(H,19,23). The molecule has 3 rings (SSSR count). The molecule has 2 aromatic heterocycles. The Kier molecular flexibility index (Phi) is 4.39. The molecule has 0 bridgehead atoms. The maximum absolute atomic E-state index is 12.1. The summed E-state index contributed by atoms with van der Waals surface area (Å²) in [4.78, 5) is 29.9. The first-order valence-corrected chi connectivity index (χ1v) is 7.45. The van der Waals surface area contributed by atoms with Gasteiger partial charge in [0.25, 0.3) is 0 Å². The van der Waals surface area contributed by atoms with E-state index < -0.39 is 0 Å². The van der Waals surface area contributed by atoms with Crippen molar-refractivity contribution in [3.05, 3.63) is 87.3 Å². The molecule has 3 aromatic rings. The van der Waals surface area contributed by atoms with Crippen molar-refractivity contribution >= 4 is 17.4 Å². The second-order valence-corrected chi connectivity index (χ2v) is 5.65. The van der Waals surface area contributed by atoms with Gasteiger partial charge >= 0.3 is 0 Å². The summed E-state index contributed by atoms with van der Waals surface area (Å²) in [6, 6.07) is 10.5. The third kappa shape index (κ3) is 3.96. The van der Waals surface area contributed by atoms with Gasteiger partial charge in [0.05, 0.1) is 18.4 Å². The number of halogens is 1. The van der Waals surface area contributed by atoms with Crippen molar-refractivity contribution in [2.45, 2.75) is 13.0 Å². The maximum atomic E-state index is 12.1. The summed E-state index contributed by atoms with van der Waals surface area (Å²) in [5, 5.41) is 0.691. The topological polar surface area (TPSA) is 67.8 Å². The van der Waals surface area contributed by atoms with Crippen molar-refractivity contribution in [2.75, 3.05) is 0 Å². The van der Waals surface area contributed by atoms with Crippen molar-refractivity contribution in [2.24, 2.45) is 0 Å². The van der Waals surface area contributed by atoms with Crippen LogP contribution in [0, 0.1) is 0 Å². The molecule has 1 aromatic carbocycles. The first-order chi connectivity index (χ1) is 11.1. The van der Waals surface area contributed by atoms with Gasteiger partial charge in [0.2, 0.25) is 5.56 Å². The van der Waals surface area contributed by atoms with Crippen molar-refractivity contribution in [1.82, 2.24) is 14.5 Å². The maximum Gasteiger partial charge on any atom is 0.247 e. The molecule has 0 amide bonds. The number of imidazole rings is 1. The number of benzene rings is 1. The van der Waals surface area contributed by atoms with E-state index in [-0.39, 0.29) is 17.8 Å². The Morgan fingerprint density at radius 2 is 2.13 bits per heavy atom. The Morgan fingerprint density at radius 3 is 2.87 bits per heavy atom. The van der Waals surface area contributed by atoms with Crippen LogP contribution in [0.1, 0.15) is 21.6 Å². The molecule has 0 atom stereocenters. The monoisotopic (exact) mass is 327 g/mol. The predicted octanol–water partition coefficient (Wildman–Crippen LogP) is 2.70. The number of carbonyl (C=O) groups excluding carboxylic acids is 1. The van der Waals surface area contributed by atoms with Crippen LogP contribution in [0.25, 0.3) is 0 Å². The minimum Gasteiger partial charge on any atom is -0.333 e. The number of H-pyrrole nitrogens is 1. The summed E-state index contributed by atoms with van der Waals surface area (Å²) in [7, 11) is 0. The van der Waals surface area contributed by atoms with Crippen LogP contribution in [-0.2, 0) is 13.0 Å². The van der Waals surface area contributed by atoms with E-state index in [1.165, 1.54) is 18.3 Å². The number of ketones is 1. The number of pyridine rings is 1. The first-order valence-electron chi connectivity index (χ1n) is 7.07. The number of aromatic nitrogens is 3. The van der Waals surface area contributed by atoms with Gasteiger partial charge in [-0.3, -0.25) is 9.59 Å². The second kappa shape index (κ2) is 6.62. The number of aromatic amines is 1. The van der Waals surface area contributed by atoms with Crippen molar-refractivity contribution < 1.29 is 4.79 Å². The molecule has 116 valence electrons. The second-order valence-electron chi connectivity index (χ2n) is 5.21. The van der Waals surface area contributed by atoms with Gasteiger partial charge < -0.3 is 9.55 Å². The minimum absolute atomic E-state index is 0.0887. The van der Waals surface area contributed by atoms with Gasteiger partial charge in [0.15, 0.2) is 5.78 Å². The van der Waals surface area contributed by atoms with Gasteiger partial charge in [-0.2, -0.15) is 0 Å². The third-order valence-corrected chi connectivity index (χ3v) is 3.62. The predicted molar refractivity (Wildman–Crippen MR) is 87.9 cm³/mol. The number of nitrogens with one attached hydrogen (secondary N) is 1. The first kappa shape index (κ1) is 15.2. The van der Waals surface area contributed by atoms with Crippen molar-refractivity contribution in [3.63, 3.8) is 0 Å². The van der Waals surface area contributed by atoms with E-state index in [4.69, 9.17) is 11.6 Å². The smallest absolute Gasteiger partial charge is 0.247 e. The van der Waals surface area contributed by atoms with Crippen molar-refractivity contribution in [1.29, 1.82) is 0 Å². The van der Waals surface area contributed by atoms with E-state index in [9.17, 15) is 9.59 Å². The number of hydrogen-bond acceptors (Lipinski definition) is 3. The molecule has 0 aliphatic carbocycles. The molecule has 23 heavy (non-hydrogen) atoms. The van der Waals surface area contributed by atoms with E-state index in [1.54, 1.807) is 6.33 Å². The molecule has 5 nitrogen and oxygen atoms in total. The fourth-order valence-corrected chi connectivity index (χ4v) is 2.49. The van der Waals surface area contributed by atoms with E-state index in [0.29, 0.717) is 22.8 Å². The molecule has 0 spiro atoms. The van der Waals surface area contributed by atoms with E-state index in [1.807, 2.05) is 35.0 Å². The lowest BCUT2D eigenvalue weighted by Gasteiger charge is -2.02. The number of nitrogens with zero attached hydrogens (tertiary/aromatic N) is 2. The van der Waals surface area contributed by atoms with Gasteiger partial charge in [-0.05, 0) is 23.8 Å². The van der Waals surface area contributed by atoms with Gasteiger partial charge in [-0.15, -0.1) is 0 Å². The fourth-order valence-electron chi connectivity index (χ4n) is 2.28. The van der Waals surface area contributed by atoms with Crippen LogP contribution < -0.4 is 5.56 Å². The normalized spacial score (nSPS) is 10.7. The Balaban J connectivity index is 1.68. The Labute approximate surface area is 137 Å². The van der Waals surface area contributed by atoms with Crippen LogP contribution in [0.4, 0.5) is 0 Å². The SMILES string of the molecule is O=C(Cc1cn(Cc2cccc(Cl)c2)cn1)c1ccc(=O)[nH]c1. The highest BCUT2D eigenvalue weighted by Gasteiger charge is 2.09. The number of carbonyl (C=O) groups is 1. The lowest BCUT2D eigenvalue weighted by molar-refractivity contribution is 0.0991. The van der Waals surface area contributed by atoms with E-state index in [2.05, 4.69) is 9.97 Å². The Morgan fingerprint density at radius 1 is 1.26 bits per heavy atom. The lowest BCUT2D eigenvalue weighted by atomic mass is 10.1. The van der Waals surface area contributed by atoms with Crippen LogP contribution in [0.5, 0.6) is 0 Å². The molecule has 6 heteroatoms. The summed E-state index contributed by atoms with van der Waals surface area (Å²) in [5.41, 5.74) is 1.98. The molecule has 0 unspecified atom stereocenters. The van der Waals surface area contributed by atoms with Gasteiger partial charge in [0.1, 0.15) is 0 Å². The summed E-state index contributed by atoms with van der Waals surface area (Å²) >= 11 is 5.97. The summed E-state index contributed by atoms with van der Waals surface area (Å²) in [5.74, 6) is -0.0887. The molecular formula is C17H14ClN3O2. The van der Waals surface area contributed by atoms with E-state index >= 15 is 0 Å². The Hall–Kier alpha value is -2.66. The lowest BCUT2D eigenvalue weighted by Crippen LogP contribution is -2.09. The molecule has 1 N–H and O–H groups in total. The highest BCUT2D eigenvalue weighted by molar-refractivity contribution is 6.30. The zero-order valence-corrected chi connectivity index (χ0v) is 13.0. The molecule has 0 saturated carbocycles. The van der Waals surface area contributed by atoms with Gasteiger partial charge in [-0.25, -0.2) is 4.98 Å². The van der Waals surface area contributed by atoms with Gasteiger partial charge in [-0.1, -0.05) is 23.7 Å². The Bertz CT molecular complexity index is 878. The number of rotatable bonds is 5. The van der Waals surface area contributed by atoms with Crippen LogP contribution in [0.3, 0.4) is 0 Å². The average molecular weight is 328 g/mol. The molecule has 0 radical (unpaired) electrons. The van der Waals surface area contributed by atoms with Crippen LogP contribution in [0.15, 0.2) is 59.9 Å². The quantitative estimate of drug-likeness (QED) is 0.733. The summed E-state index contributed by atoms with van der Waals surface area (Å²) < 4.78 is 1.90. The molecule has 0 aliphatic heterocycles. The van der Waals surface area contributed by atoms with E-state index in [0.717, 1.165) is 5.56 Å². The summed E-state index contributed by atoms with van der Waals surface area (Å²) in [6.45, 7) is 0.639. The largest absolute Gasteiger partial charge is 0.333 e. The highest BCUT2D eigenvalue weighted by Crippen LogP contribution is 2.12. The van der Waals surface area contributed by atoms with Crippen molar-refractivity contribution in [3.8, 4) is 0 Å². The molecule has 2 heterocycles. The van der Waals surface area contributed by atoms with Crippen LogP contribution >= 0.6 is 11.6 Å². The van der Waals surface area contributed by atoms with Crippen LogP contribution in [-0.4, -0.2) is 20.3 Å². The fraction of sp³-hybridized carbons (Fsp3) is 0.118. The number of Topliss-reactive ketones (excluding diaryl/α,β-unsaturated/α-hetero) is 1. The summed E-state index contributed by atoms with van der Waals surface area (Å²) in [6.07, 6.45) is 5.14. The molecule has 0 fully saturated rings. The zero-order valence-electron chi connectivity index (χ0n) is 12.2. The zero-order chi connectivity index (χ0) is 16.2. The number of hydrogen-bond donors (Lipinski definition) is 1. The van der Waals surface area contributed by atoms with Gasteiger partial charge in [0, 0.05) is 35.6 Å². The minimum atomic E-state index is -0.229. The average Bonchev–Trinajstić information content (AvgIpc) is 2.95. The molecular weight excluding hydrogens is 314 g/mol. The molecule has 0 aliphatic rings.